The van der Waals surface area contributed by atoms with Crippen LogP contribution in [-0.4, -0.2) is 111 Å². The van der Waals surface area contributed by atoms with Crippen LogP contribution in [0.1, 0.15) is 101 Å². The van der Waals surface area contributed by atoms with E-state index in [-0.39, 0.29) is 35.7 Å². The van der Waals surface area contributed by atoms with E-state index in [0.717, 1.165) is 26.7 Å². The molecule has 7 rings (SSSR count). The van der Waals surface area contributed by atoms with Crippen molar-refractivity contribution in [3.63, 3.8) is 0 Å². The van der Waals surface area contributed by atoms with Gasteiger partial charge in [-0.3, -0.25) is 19.2 Å². The quantitative estimate of drug-likeness (QED) is 0.153. The molecule has 1 amide bonds. The molecule has 4 aliphatic carbocycles. The summed E-state index contributed by atoms with van der Waals surface area (Å²) in [5.74, 6) is -6.83. The smallest absolute Gasteiger partial charge is 0.338 e. The number of benzene rings is 2. The predicted molar refractivity (Wildman–Crippen MR) is 214 cm³/mol. The van der Waals surface area contributed by atoms with Crippen molar-refractivity contribution in [2.45, 2.75) is 134 Å². The summed E-state index contributed by atoms with van der Waals surface area (Å²) < 4.78 is 30.3. The van der Waals surface area contributed by atoms with Crippen molar-refractivity contribution in [3.8, 4) is 0 Å². The van der Waals surface area contributed by atoms with Crippen molar-refractivity contribution in [1.82, 2.24) is 5.32 Å². The number of esters is 4. The predicted octanol–water partition coefficient (Wildman–Crippen LogP) is 3.55. The van der Waals surface area contributed by atoms with Gasteiger partial charge in [-0.25, -0.2) is 9.59 Å². The molecule has 0 aromatic heterocycles. The van der Waals surface area contributed by atoms with Gasteiger partial charge in [-0.2, -0.15) is 0 Å². The van der Waals surface area contributed by atoms with Crippen molar-refractivity contribution in [2.24, 2.45) is 22.7 Å². The van der Waals surface area contributed by atoms with E-state index < -0.39 is 113 Å². The minimum Gasteiger partial charge on any atom is -0.456 e. The average molecular weight is 846 g/mol. The fourth-order valence-corrected chi connectivity index (χ4v) is 11.0. The highest BCUT2D eigenvalue weighted by Crippen LogP contribution is 2.64. The molecule has 1 heterocycles. The van der Waals surface area contributed by atoms with Gasteiger partial charge in [0.15, 0.2) is 23.6 Å². The zero-order valence-corrected chi connectivity index (χ0v) is 35.3. The number of fused-ring (bicyclic) bond motifs is 5. The minimum absolute atomic E-state index is 0.0274. The van der Waals surface area contributed by atoms with Gasteiger partial charge in [-0.05, 0) is 68.0 Å². The Balaban J connectivity index is 1.37. The minimum atomic E-state index is -2.36. The first-order valence-electron chi connectivity index (χ1n) is 20.9. The Labute approximate surface area is 354 Å². The first-order valence-corrected chi connectivity index (χ1v) is 20.9. The van der Waals surface area contributed by atoms with Crippen LogP contribution < -0.4 is 5.32 Å². The molecule has 11 atom stereocenters. The number of aliphatic hydroxyl groups is 3. The maximum absolute atomic E-state index is 15.5. The Hall–Kier alpha value is -4.96. The third kappa shape index (κ3) is 7.36. The average Bonchev–Trinajstić information content (AvgIpc) is 3.76. The van der Waals surface area contributed by atoms with Gasteiger partial charge in [0.05, 0.1) is 35.6 Å². The number of nitrogens with one attached hydrogen (secondary N) is 1. The highest BCUT2D eigenvalue weighted by atomic mass is 16.6. The zero-order valence-electron chi connectivity index (χ0n) is 35.3. The first-order chi connectivity index (χ1) is 28.8. The third-order valence-corrected chi connectivity index (χ3v) is 14.3. The lowest BCUT2D eigenvalue weighted by molar-refractivity contribution is -0.346. The molecule has 4 N–H and O–H groups in total. The second-order valence-electron chi connectivity index (χ2n) is 18.0. The number of hydrogen-bond donors (Lipinski definition) is 4. The van der Waals surface area contributed by atoms with Crippen LogP contribution in [0.4, 0.5) is 0 Å². The molecule has 61 heavy (non-hydrogen) atoms. The normalized spacial score (nSPS) is 33.9. The lowest BCUT2D eigenvalue weighted by atomic mass is 9.44. The molecule has 15 heteroatoms. The molecule has 1 aliphatic heterocycles. The molecule has 1 saturated heterocycles. The number of amides is 1. The van der Waals surface area contributed by atoms with Crippen LogP contribution in [0.15, 0.2) is 71.8 Å². The van der Waals surface area contributed by atoms with Gasteiger partial charge in [0.25, 0.3) is 5.91 Å². The summed E-state index contributed by atoms with van der Waals surface area (Å²) in [6, 6.07) is 15.2. The van der Waals surface area contributed by atoms with E-state index in [2.05, 4.69) is 5.32 Å². The molecule has 5 aliphatic rings. The summed E-state index contributed by atoms with van der Waals surface area (Å²) in [5, 5.41) is 40.4. The number of ketones is 1. The van der Waals surface area contributed by atoms with Crippen LogP contribution in [0.25, 0.3) is 0 Å². The number of Topliss-reactive ketones (excluding diaryl/α,β-unsaturated/α-hetero) is 1. The summed E-state index contributed by atoms with van der Waals surface area (Å²) >= 11 is 0. The molecule has 0 spiro atoms. The van der Waals surface area contributed by atoms with Crippen LogP contribution in [0, 0.1) is 22.7 Å². The van der Waals surface area contributed by atoms with E-state index in [1.165, 1.54) is 19.1 Å². The molecule has 3 saturated carbocycles. The van der Waals surface area contributed by atoms with Gasteiger partial charge in [0.1, 0.15) is 23.9 Å². The Morgan fingerprint density at radius 2 is 1.48 bits per heavy atom. The van der Waals surface area contributed by atoms with Gasteiger partial charge < -0.3 is 44.3 Å². The summed E-state index contributed by atoms with van der Waals surface area (Å²) in [4.78, 5) is 83.4. The van der Waals surface area contributed by atoms with E-state index >= 15 is 4.79 Å². The first kappa shape index (κ1) is 44.1. The van der Waals surface area contributed by atoms with Crippen molar-refractivity contribution < 1.29 is 67.8 Å². The Kier molecular flexibility index (Phi) is 11.8. The summed E-state index contributed by atoms with van der Waals surface area (Å²) in [5.41, 5.74) is -7.13. The highest BCUT2D eigenvalue weighted by Gasteiger charge is 2.78. The van der Waals surface area contributed by atoms with Crippen LogP contribution in [0.2, 0.25) is 0 Å². The summed E-state index contributed by atoms with van der Waals surface area (Å²) in [6.07, 6.45) is -7.25. The second-order valence-corrected chi connectivity index (χ2v) is 18.0. The Bertz CT molecular complexity index is 2100. The molecular weight excluding hydrogens is 790 g/mol. The van der Waals surface area contributed by atoms with Gasteiger partial charge in [-0.15, -0.1) is 0 Å². The molecule has 15 nitrogen and oxygen atoms in total. The number of carbonyl (C=O) groups is 6. The highest BCUT2D eigenvalue weighted by molar-refractivity contribution is 5.96. The third-order valence-electron chi connectivity index (χ3n) is 14.3. The topological polar surface area (TPSA) is 221 Å². The number of carbonyl (C=O) groups excluding carboxylic acids is 6. The molecule has 4 fully saturated rings. The Morgan fingerprint density at radius 3 is 2.03 bits per heavy atom. The Morgan fingerprint density at radius 1 is 0.869 bits per heavy atom. The van der Waals surface area contributed by atoms with Crippen molar-refractivity contribution in [2.75, 3.05) is 6.61 Å². The van der Waals surface area contributed by atoms with Gasteiger partial charge in [0.2, 0.25) is 0 Å². The molecular formula is C46H55NO14. The summed E-state index contributed by atoms with van der Waals surface area (Å²) in [7, 11) is 0. The van der Waals surface area contributed by atoms with Gasteiger partial charge in [0, 0.05) is 37.7 Å². The maximum atomic E-state index is 15.5. The van der Waals surface area contributed by atoms with E-state index in [0.29, 0.717) is 18.4 Å². The molecule has 0 radical (unpaired) electrons. The maximum Gasteiger partial charge on any atom is 0.338 e. The van der Waals surface area contributed by atoms with Crippen molar-refractivity contribution >= 4 is 35.6 Å². The monoisotopic (exact) mass is 845 g/mol. The van der Waals surface area contributed by atoms with E-state index in [9.17, 15) is 39.3 Å². The van der Waals surface area contributed by atoms with Gasteiger partial charge in [-0.1, -0.05) is 63.1 Å². The molecule has 328 valence electrons. The fraction of sp³-hybridized carbons (Fsp3) is 0.565. The molecule has 0 unspecified atom stereocenters. The van der Waals surface area contributed by atoms with Crippen molar-refractivity contribution in [1.29, 1.82) is 0 Å². The van der Waals surface area contributed by atoms with Crippen LogP contribution in [-0.2, 0) is 42.9 Å². The number of rotatable bonds is 10. The van der Waals surface area contributed by atoms with E-state index in [4.69, 9.17) is 23.7 Å². The number of ether oxygens (including phenoxy) is 5. The lowest BCUT2D eigenvalue weighted by Crippen LogP contribution is -2.82. The van der Waals surface area contributed by atoms with Crippen molar-refractivity contribution in [3.05, 3.63) is 82.9 Å². The number of aliphatic hydroxyl groups excluding tert-OH is 2. The lowest BCUT2D eigenvalue weighted by Gasteiger charge is -2.67. The van der Waals surface area contributed by atoms with Crippen LogP contribution in [0.5, 0.6) is 0 Å². The fourth-order valence-electron chi connectivity index (χ4n) is 11.0. The SMILES string of the molecule is CC(=O)O[C@H]1C(=O)[C@@]2(C)[C@H]([C@H](OC(=O)c3ccccc3)[C@]3(O)C[C@H](OC(=O)[C@H](O)[C@@H](NC(=O)c4ccccc4)C4CCCC4)C(C)=C1C3(C)C)[C@]1(OC(C)=O)CO[C@@H]1C[C@@H]2O. The van der Waals surface area contributed by atoms with Gasteiger partial charge >= 0.3 is 23.9 Å². The van der Waals surface area contributed by atoms with E-state index in [1.807, 2.05) is 0 Å². The summed E-state index contributed by atoms with van der Waals surface area (Å²) in [6.45, 7) is 8.09. The second kappa shape index (κ2) is 16.4. The molecule has 2 aromatic rings. The zero-order chi connectivity index (χ0) is 44.2. The van der Waals surface area contributed by atoms with Crippen LogP contribution in [0.3, 0.4) is 0 Å². The standard InChI is InChI=1S/C46H55NO14/c1-24-30(59-42(55)35(51)34(27-15-13-14-16-27)47-40(53)28-17-9-7-10-18-28)22-46(56)39(60-41(54)29-19-11-8-12-20-29)37-44(6,31(50)21-32-45(37,23-57-32)61-26(3)49)38(52)36(58-25(2)48)33(24)43(46,4)5/h7-12,17-20,27,30-32,34-37,39,50-51,56H,13-16,21-23H2,1-6H3,(H,47,53)/t30-,31-,32+,34-,35+,36+,37-,39-,44+,45-,46+/m0/s1. The van der Waals surface area contributed by atoms with Crippen LogP contribution >= 0.6 is 0 Å². The number of hydrogen-bond acceptors (Lipinski definition) is 14. The van der Waals surface area contributed by atoms with E-state index in [1.54, 1.807) is 69.3 Å². The molecule has 2 aromatic carbocycles. The molecule has 2 bridgehead atoms. The largest absolute Gasteiger partial charge is 0.456 e.